The van der Waals surface area contributed by atoms with Crippen LogP contribution in [0.3, 0.4) is 0 Å². The van der Waals surface area contributed by atoms with E-state index in [1.54, 1.807) is 33.3 Å². The molecule has 0 atom stereocenters. The number of aromatic hydroxyl groups is 1. The first-order valence-corrected chi connectivity index (χ1v) is 5.11. The molecule has 3 nitrogen and oxygen atoms in total. The number of phenolic OH excluding ortho intramolecular Hbond substituents is 1. The van der Waals surface area contributed by atoms with Crippen molar-refractivity contribution in [2.75, 3.05) is 27.6 Å². The third-order valence-corrected chi connectivity index (χ3v) is 2.21. The van der Waals surface area contributed by atoms with Gasteiger partial charge in [-0.2, -0.15) is 0 Å². The minimum absolute atomic E-state index is 0.0557. The van der Waals surface area contributed by atoms with E-state index in [1.165, 1.54) is 12.3 Å². The van der Waals surface area contributed by atoms with E-state index in [2.05, 4.69) is 4.98 Å². The lowest BCUT2D eigenvalue weighted by atomic mass is 10.1. The summed E-state index contributed by atoms with van der Waals surface area (Å²) in [7, 11) is 4.81. The molecule has 3 heteroatoms. The Kier molecular flexibility index (Phi) is 1.67. The Labute approximate surface area is 102 Å². The average Bonchev–Trinajstić information content (AvgIpc) is 2.73. The van der Waals surface area contributed by atoms with Crippen LogP contribution in [0.15, 0.2) is 24.4 Å². The summed E-state index contributed by atoms with van der Waals surface area (Å²) in [5.74, 6) is -0.0557. The van der Waals surface area contributed by atoms with Crippen molar-refractivity contribution in [1.29, 1.82) is 0 Å². The van der Waals surface area contributed by atoms with Crippen LogP contribution in [0.5, 0.6) is 5.75 Å². The molecular weight excluding hydrogens is 200 g/mol. The fourth-order valence-electron chi connectivity index (χ4n) is 1.49. The van der Waals surface area contributed by atoms with Gasteiger partial charge in [0.05, 0.1) is 30.4 Å². The summed E-state index contributed by atoms with van der Waals surface area (Å²) in [5, 5.41) is 10.3. The lowest BCUT2D eigenvalue weighted by Gasteiger charge is -2.23. The number of fused-ring (bicyclic) bond motifs is 1. The van der Waals surface area contributed by atoms with Crippen molar-refractivity contribution in [3.63, 3.8) is 0 Å². The summed E-state index contributed by atoms with van der Waals surface area (Å²) in [4.78, 5) is 2.89. The van der Waals surface area contributed by atoms with Crippen molar-refractivity contribution in [1.82, 2.24) is 4.98 Å². The molecule has 0 bridgehead atoms. The van der Waals surface area contributed by atoms with Gasteiger partial charge < -0.3 is 14.6 Å². The predicted molar refractivity (Wildman–Crippen MR) is 66.6 cm³/mol. The van der Waals surface area contributed by atoms with Gasteiger partial charge in [0.1, 0.15) is 5.75 Å². The number of aromatic amines is 1. The van der Waals surface area contributed by atoms with E-state index in [0.29, 0.717) is 10.9 Å². The quantitative estimate of drug-likeness (QED) is 0.768. The van der Waals surface area contributed by atoms with Crippen LogP contribution < -0.4 is 0 Å². The van der Waals surface area contributed by atoms with Gasteiger partial charge in [0.2, 0.25) is 0 Å². The number of hydrogen-bond donors (Lipinski definition) is 2. The highest BCUT2D eigenvalue weighted by molar-refractivity contribution is 5.88. The monoisotopic (exact) mass is 223 g/mol. The highest BCUT2D eigenvalue weighted by Gasteiger charge is 2.12. The van der Waals surface area contributed by atoms with Gasteiger partial charge in [0, 0.05) is 26.2 Å². The molecule has 2 aromatic rings. The molecule has 0 aliphatic rings. The molecule has 0 amide bonds. The average molecular weight is 223 g/mol. The molecule has 0 radical (unpaired) electrons. The van der Waals surface area contributed by atoms with E-state index in [9.17, 15) is 5.11 Å². The van der Waals surface area contributed by atoms with Crippen molar-refractivity contribution >= 4 is 10.9 Å². The molecule has 1 aromatic carbocycles. The van der Waals surface area contributed by atoms with Crippen molar-refractivity contribution in [2.45, 2.75) is 6.37 Å². The first-order chi connectivity index (χ1) is 9.00. The zero-order valence-electron chi connectivity index (χ0n) is 13.7. The number of quaternary nitrogens is 1. The summed E-state index contributed by atoms with van der Waals surface area (Å²) in [6, 6.07) is 4.84. The van der Waals surface area contributed by atoms with Crippen LogP contribution in [0.2, 0.25) is 0 Å². The van der Waals surface area contributed by atoms with Gasteiger partial charge in [-0.05, 0) is 17.7 Å². The highest BCUT2D eigenvalue weighted by atomic mass is 16.3. The van der Waals surface area contributed by atoms with E-state index in [0.717, 1.165) is 0 Å². The Hall–Kier alpha value is -1.48. The number of rotatable bonds is 3. The molecule has 0 aliphatic carbocycles. The summed E-state index contributed by atoms with van der Waals surface area (Å²) in [6.07, 6.45) is -0.833. The maximum absolute atomic E-state index is 9.96. The molecule has 86 valence electrons. The van der Waals surface area contributed by atoms with Crippen LogP contribution in [0.25, 0.3) is 10.9 Å². The lowest BCUT2D eigenvalue weighted by Crippen LogP contribution is -2.36. The molecule has 0 saturated carbocycles. The normalized spacial score (nSPS) is 17.7. The Morgan fingerprint density at radius 3 is 2.81 bits per heavy atom. The van der Waals surface area contributed by atoms with E-state index >= 15 is 0 Å². The number of benzene rings is 1. The molecule has 1 aromatic heterocycles. The van der Waals surface area contributed by atoms with Crippen LogP contribution in [-0.2, 0) is 6.37 Å². The van der Waals surface area contributed by atoms with Crippen molar-refractivity contribution in [3.8, 4) is 5.75 Å². The number of H-pyrrole nitrogens is 1. The van der Waals surface area contributed by atoms with Crippen molar-refractivity contribution in [2.24, 2.45) is 0 Å². The van der Waals surface area contributed by atoms with Crippen LogP contribution in [0.4, 0.5) is 0 Å². The molecule has 0 aliphatic heterocycles. The highest BCUT2D eigenvalue weighted by Crippen LogP contribution is 2.27. The largest absolute Gasteiger partial charge is 0.507 e. The van der Waals surface area contributed by atoms with Crippen LogP contribution in [0.1, 0.15) is 11.0 Å². The number of likely N-dealkylation sites (N-methyl/N-ethyl adjacent to an activating group) is 1. The van der Waals surface area contributed by atoms with Gasteiger partial charge in [0.25, 0.3) is 0 Å². The third kappa shape index (κ3) is 2.19. The predicted octanol–water partition coefficient (Wildman–Crippen LogP) is 2.12. The fraction of sp³-hybridized carbons (Fsp3) is 0.385. The number of aromatic nitrogens is 1. The maximum Gasteiger partial charge on any atom is 0.125 e. The molecule has 0 fully saturated rings. The molecule has 0 unspecified atom stereocenters. The van der Waals surface area contributed by atoms with Crippen LogP contribution >= 0.6 is 0 Å². The molecular formula is C13H19N2O+. The SMILES string of the molecule is [2H]C([2H])(c1c[nH]c2cccc(O)c12)C([2H])([2H])[N+](C)(C)C. The van der Waals surface area contributed by atoms with Gasteiger partial charge in [-0.1, -0.05) is 6.07 Å². The summed E-state index contributed by atoms with van der Waals surface area (Å²) < 4.78 is 32.7. The van der Waals surface area contributed by atoms with Gasteiger partial charge >= 0.3 is 0 Å². The van der Waals surface area contributed by atoms with Crippen LogP contribution in [-0.4, -0.2) is 42.2 Å². The van der Waals surface area contributed by atoms with E-state index in [4.69, 9.17) is 5.48 Å². The topological polar surface area (TPSA) is 36.0 Å². The zero-order valence-corrected chi connectivity index (χ0v) is 9.70. The molecule has 2 N–H and O–H groups in total. The van der Waals surface area contributed by atoms with E-state index in [-0.39, 0.29) is 15.8 Å². The van der Waals surface area contributed by atoms with Gasteiger partial charge in [-0.3, -0.25) is 0 Å². The number of hydrogen-bond acceptors (Lipinski definition) is 1. The summed E-state index contributed by atoms with van der Waals surface area (Å²) in [5.41, 5.74) is 0.713. The zero-order chi connectivity index (χ0) is 15.3. The van der Waals surface area contributed by atoms with Gasteiger partial charge in [0.15, 0.2) is 0 Å². The Bertz CT molecular complexity index is 643. The first kappa shape index (κ1) is 6.97. The summed E-state index contributed by atoms with van der Waals surface area (Å²) >= 11 is 0. The molecule has 0 spiro atoms. The fourth-order valence-corrected chi connectivity index (χ4v) is 1.49. The number of aryl methyl sites for hydroxylation is 1. The van der Waals surface area contributed by atoms with Gasteiger partial charge in [-0.15, -0.1) is 0 Å². The maximum atomic E-state index is 9.96. The standard InChI is InChI=1S/C13H18N2O/c1-15(2,3)8-7-10-9-14-11-5-4-6-12(16)13(10)11/h4-6,9,14H,7-8H2,1-3H3/p+1/i7D2,8D2. The van der Waals surface area contributed by atoms with Gasteiger partial charge in [-0.25, -0.2) is 0 Å². The molecule has 1 heterocycles. The number of nitrogens with zero attached hydrogens (tertiary/aromatic N) is 1. The smallest absolute Gasteiger partial charge is 0.125 e. The molecule has 0 saturated heterocycles. The first-order valence-electron chi connectivity index (χ1n) is 7.11. The number of phenols is 1. The molecule has 2 rings (SSSR count). The van der Waals surface area contributed by atoms with Crippen molar-refractivity contribution in [3.05, 3.63) is 30.0 Å². The second-order valence-electron chi connectivity index (χ2n) is 4.65. The van der Waals surface area contributed by atoms with Crippen LogP contribution in [0, 0.1) is 0 Å². The Morgan fingerprint density at radius 2 is 2.12 bits per heavy atom. The minimum Gasteiger partial charge on any atom is -0.507 e. The third-order valence-electron chi connectivity index (χ3n) is 2.21. The minimum atomic E-state index is -2.26. The second-order valence-corrected chi connectivity index (χ2v) is 4.65. The Morgan fingerprint density at radius 1 is 1.38 bits per heavy atom. The second kappa shape index (κ2) is 3.83. The lowest BCUT2D eigenvalue weighted by molar-refractivity contribution is -0.870. The van der Waals surface area contributed by atoms with E-state index in [1.807, 2.05) is 0 Å². The summed E-state index contributed by atoms with van der Waals surface area (Å²) in [6.45, 7) is -2.16. The number of nitrogens with one attached hydrogen (secondary N) is 1. The van der Waals surface area contributed by atoms with E-state index < -0.39 is 12.9 Å². The Balaban J connectivity index is 2.70. The molecule has 16 heavy (non-hydrogen) atoms. The van der Waals surface area contributed by atoms with Crippen molar-refractivity contribution < 1.29 is 15.1 Å².